The first-order valence-electron chi connectivity index (χ1n) is 8.81. The van der Waals surface area contributed by atoms with Crippen molar-refractivity contribution in [3.8, 4) is 17.4 Å². The number of nitriles is 1. The first-order valence-corrected chi connectivity index (χ1v) is 8.81. The van der Waals surface area contributed by atoms with Crippen LogP contribution in [0.4, 0.5) is 0 Å². The van der Waals surface area contributed by atoms with E-state index in [1.807, 2.05) is 12.1 Å². The number of hydrogen-bond acceptors (Lipinski definition) is 4. The highest BCUT2D eigenvalue weighted by molar-refractivity contribution is 5.92. The summed E-state index contributed by atoms with van der Waals surface area (Å²) in [6, 6.07) is 13.3. The zero-order valence-electron chi connectivity index (χ0n) is 14.2. The number of nitrogens with one attached hydrogen (secondary N) is 1. The van der Waals surface area contributed by atoms with Crippen molar-refractivity contribution >= 4 is 5.91 Å². The Morgan fingerprint density at radius 2 is 1.92 bits per heavy atom. The highest BCUT2D eigenvalue weighted by atomic mass is 16.3. The van der Waals surface area contributed by atoms with Crippen LogP contribution >= 0.6 is 0 Å². The molecule has 3 saturated heterocycles. The van der Waals surface area contributed by atoms with Crippen LogP contribution in [0.2, 0.25) is 0 Å². The Morgan fingerprint density at radius 1 is 1.20 bits per heavy atom. The molecule has 2 unspecified atom stereocenters. The Labute approximate surface area is 147 Å². The van der Waals surface area contributed by atoms with Crippen molar-refractivity contribution in [2.75, 3.05) is 13.1 Å². The van der Waals surface area contributed by atoms with E-state index in [-0.39, 0.29) is 11.9 Å². The van der Waals surface area contributed by atoms with Crippen LogP contribution in [-0.4, -0.2) is 36.0 Å². The molecule has 2 bridgehead atoms. The highest BCUT2D eigenvalue weighted by Crippen LogP contribution is 2.32. The summed E-state index contributed by atoms with van der Waals surface area (Å²) in [5.41, 5.74) is 1.46. The van der Waals surface area contributed by atoms with Gasteiger partial charge >= 0.3 is 0 Å². The predicted molar refractivity (Wildman–Crippen MR) is 93.9 cm³/mol. The van der Waals surface area contributed by atoms with E-state index < -0.39 is 0 Å². The lowest BCUT2D eigenvalue weighted by molar-refractivity contribution is 0.0211. The van der Waals surface area contributed by atoms with Gasteiger partial charge in [0, 0.05) is 17.6 Å². The fraction of sp³-hybridized carbons (Fsp3) is 0.400. The molecule has 2 aromatic rings. The molecule has 5 heteroatoms. The maximum Gasteiger partial charge on any atom is 0.287 e. The van der Waals surface area contributed by atoms with Gasteiger partial charge in [-0.2, -0.15) is 5.26 Å². The van der Waals surface area contributed by atoms with Crippen molar-refractivity contribution in [3.05, 3.63) is 47.7 Å². The van der Waals surface area contributed by atoms with Gasteiger partial charge in [-0.05, 0) is 75.2 Å². The Balaban J connectivity index is 1.48. The van der Waals surface area contributed by atoms with E-state index in [0.717, 1.165) is 31.5 Å². The molecule has 1 aromatic heterocycles. The van der Waals surface area contributed by atoms with Gasteiger partial charge in [0.05, 0.1) is 11.6 Å². The van der Waals surface area contributed by atoms with Gasteiger partial charge in [-0.1, -0.05) is 0 Å². The van der Waals surface area contributed by atoms with Crippen LogP contribution in [-0.2, 0) is 0 Å². The summed E-state index contributed by atoms with van der Waals surface area (Å²) in [6.45, 7) is 4.48. The van der Waals surface area contributed by atoms with E-state index in [0.29, 0.717) is 29.0 Å². The first-order chi connectivity index (χ1) is 12.2. The monoisotopic (exact) mass is 335 g/mol. The SMILES string of the molecule is CC1C(NC(=O)c2ccc(-c3ccc(C#N)cc3)o2)C2CCN1CC2. The summed E-state index contributed by atoms with van der Waals surface area (Å²) in [5.74, 6) is 1.39. The lowest BCUT2D eigenvalue weighted by Gasteiger charge is -2.49. The van der Waals surface area contributed by atoms with Crippen molar-refractivity contribution in [2.45, 2.75) is 31.8 Å². The smallest absolute Gasteiger partial charge is 0.287 e. The second-order valence-electron chi connectivity index (χ2n) is 6.97. The van der Waals surface area contributed by atoms with Crippen molar-refractivity contribution in [1.29, 1.82) is 5.26 Å². The summed E-state index contributed by atoms with van der Waals surface area (Å²) >= 11 is 0. The maximum absolute atomic E-state index is 12.6. The Hall–Kier alpha value is -2.58. The van der Waals surface area contributed by atoms with Crippen LogP contribution in [0.25, 0.3) is 11.3 Å². The number of carbonyl (C=O) groups excluding carboxylic acids is 1. The molecule has 3 aliphatic heterocycles. The summed E-state index contributed by atoms with van der Waals surface area (Å²) in [5, 5.41) is 12.1. The minimum absolute atomic E-state index is 0.148. The molecule has 3 fully saturated rings. The minimum Gasteiger partial charge on any atom is -0.451 e. The summed E-state index contributed by atoms with van der Waals surface area (Å²) in [4.78, 5) is 15.1. The fourth-order valence-electron chi connectivity index (χ4n) is 4.09. The third-order valence-corrected chi connectivity index (χ3v) is 5.60. The largest absolute Gasteiger partial charge is 0.451 e. The van der Waals surface area contributed by atoms with E-state index in [2.05, 4.69) is 23.2 Å². The van der Waals surface area contributed by atoms with Gasteiger partial charge in [-0.25, -0.2) is 0 Å². The number of amides is 1. The van der Waals surface area contributed by atoms with Crippen molar-refractivity contribution in [3.63, 3.8) is 0 Å². The van der Waals surface area contributed by atoms with E-state index in [9.17, 15) is 4.79 Å². The van der Waals surface area contributed by atoms with Crippen LogP contribution in [0, 0.1) is 17.2 Å². The number of hydrogen-bond donors (Lipinski definition) is 1. The van der Waals surface area contributed by atoms with E-state index >= 15 is 0 Å². The zero-order valence-corrected chi connectivity index (χ0v) is 14.2. The molecule has 4 heterocycles. The molecule has 5 rings (SSSR count). The van der Waals surface area contributed by atoms with Crippen LogP contribution in [0.1, 0.15) is 35.9 Å². The molecular weight excluding hydrogens is 314 g/mol. The van der Waals surface area contributed by atoms with Gasteiger partial charge in [0.2, 0.25) is 0 Å². The maximum atomic E-state index is 12.6. The highest BCUT2D eigenvalue weighted by Gasteiger charge is 2.40. The van der Waals surface area contributed by atoms with E-state index in [4.69, 9.17) is 9.68 Å². The normalized spacial score (nSPS) is 27.7. The minimum atomic E-state index is -0.148. The molecule has 3 aliphatic rings. The number of benzene rings is 1. The Kier molecular flexibility index (Phi) is 4.06. The van der Waals surface area contributed by atoms with Crippen LogP contribution in [0.5, 0.6) is 0 Å². The third-order valence-electron chi connectivity index (χ3n) is 5.60. The third kappa shape index (κ3) is 2.94. The average molecular weight is 335 g/mol. The van der Waals surface area contributed by atoms with Gasteiger partial charge in [-0.15, -0.1) is 0 Å². The predicted octanol–water partition coefficient (Wildman–Crippen LogP) is 3.03. The first kappa shape index (κ1) is 15.9. The van der Waals surface area contributed by atoms with Crippen LogP contribution in [0.3, 0.4) is 0 Å². The molecule has 1 aromatic carbocycles. The molecule has 0 saturated carbocycles. The van der Waals surface area contributed by atoms with Gasteiger partial charge in [0.1, 0.15) is 5.76 Å². The molecule has 2 atom stereocenters. The summed E-state index contributed by atoms with van der Waals surface area (Å²) in [7, 11) is 0. The van der Waals surface area contributed by atoms with Crippen molar-refractivity contribution in [2.24, 2.45) is 5.92 Å². The molecule has 0 spiro atoms. The number of furan rings is 1. The Bertz CT molecular complexity index is 808. The van der Waals surface area contributed by atoms with Gasteiger partial charge in [0.15, 0.2) is 5.76 Å². The number of carbonyl (C=O) groups is 1. The van der Waals surface area contributed by atoms with E-state index in [1.54, 1.807) is 24.3 Å². The standard InChI is InChI=1S/C20H21N3O2/c1-13-19(16-8-10-23(13)11-9-16)22-20(24)18-7-6-17(25-18)15-4-2-14(12-21)3-5-15/h2-7,13,16,19H,8-11H2,1H3,(H,22,24). The molecular formula is C20H21N3O2. The second-order valence-corrected chi connectivity index (χ2v) is 6.97. The zero-order chi connectivity index (χ0) is 17.4. The van der Waals surface area contributed by atoms with Gasteiger partial charge in [0.25, 0.3) is 5.91 Å². The molecule has 0 radical (unpaired) electrons. The van der Waals surface area contributed by atoms with Gasteiger partial charge < -0.3 is 9.73 Å². The Morgan fingerprint density at radius 3 is 2.56 bits per heavy atom. The van der Waals surface area contributed by atoms with E-state index in [1.165, 1.54) is 0 Å². The van der Waals surface area contributed by atoms with Crippen molar-refractivity contribution < 1.29 is 9.21 Å². The molecule has 0 aliphatic carbocycles. The van der Waals surface area contributed by atoms with Gasteiger partial charge in [-0.3, -0.25) is 9.69 Å². The number of nitrogens with zero attached hydrogens (tertiary/aromatic N) is 2. The molecule has 5 nitrogen and oxygen atoms in total. The fourth-order valence-corrected chi connectivity index (χ4v) is 4.09. The quantitative estimate of drug-likeness (QED) is 0.936. The van der Waals surface area contributed by atoms with Crippen LogP contribution < -0.4 is 5.32 Å². The molecule has 1 amide bonds. The van der Waals surface area contributed by atoms with Crippen molar-refractivity contribution in [1.82, 2.24) is 10.2 Å². The lowest BCUT2D eigenvalue weighted by Crippen LogP contribution is -2.62. The second kappa shape index (κ2) is 6.38. The number of piperidine rings is 3. The lowest BCUT2D eigenvalue weighted by atomic mass is 9.79. The average Bonchev–Trinajstić information content (AvgIpc) is 3.15. The topological polar surface area (TPSA) is 69.3 Å². The summed E-state index contributed by atoms with van der Waals surface area (Å²) < 4.78 is 5.75. The molecule has 1 N–H and O–H groups in total. The molecule has 128 valence electrons. The molecule has 25 heavy (non-hydrogen) atoms. The van der Waals surface area contributed by atoms with Crippen LogP contribution in [0.15, 0.2) is 40.8 Å². The number of rotatable bonds is 3. The number of fused-ring (bicyclic) bond motifs is 3. The summed E-state index contributed by atoms with van der Waals surface area (Å²) in [6.07, 6.45) is 2.31.